The van der Waals surface area contributed by atoms with Crippen LogP contribution in [-0.2, 0) is 0 Å². The van der Waals surface area contributed by atoms with Gasteiger partial charge in [0.25, 0.3) is 0 Å². The van der Waals surface area contributed by atoms with Gasteiger partial charge in [-0.05, 0) is 46.2 Å². The molecule has 1 aromatic rings. The maximum absolute atomic E-state index is 14.0. The lowest BCUT2D eigenvalue weighted by Gasteiger charge is -2.28. The lowest BCUT2D eigenvalue weighted by molar-refractivity contribution is 0.0972. The molecule has 0 aliphatic carbocycles. The predicted octanol–water partition coefficient (Wildman–Crippen LogP) is 4.45. The number of para-hydroxylation sites is 1. The summed E-state index contributed by atoms with van der Waals surface area (Å²) in [6.07, 6.45) is 1.88. The number of rotatable bonds is 7. The van der Waals surface area contributed by atoms with Gasteiger partial charge in [0.05, 0.1) is 0 Å². The molecule has 1 atom stereocenters. The largest absolute Gasteiger partial charge is 0.484 e. The highest BCUT2D eigenvalue weighted by Crippen LogP contribution is 2.32. The second kappa shape index (κ2) is 6.90. The Labute approximate surface area is 116 Å². The monoisotopic (exact) mass is 267 g/mol. The third-order valence-electron chi connectivity index (χ3n) is 3.39. The van der Waals surface area contributed by atoms with E-state index in [2.05, 4.69) is 12.2 Å². The third kappa shape index (κ3) is 4.50. The molecule has 0 fully saturated rings. The summed E-state index contributed by atoms with van der Waals surface area (Å²) >= 11 is 0. The molecule has 0 saturated carbocycles. The minimum absolute atomic E-state index is 0.0818. The quantitative estimate of drug-likeness (QED) is 0.788. The minimum atomic E-state index is -0.360. The Morgan fingerprint density at radius 1 is 1.32 bits per heavy atom. The van der Waals surface area contributed by atoms with E-state index in [0.717, 1.165) is 24.9 Å². The summed E-state index contributed by atoms with van der Waals surface area (Å²) in [5.41, 5.74) is 0.525. The highest BCUT2D eigenvalue weighted by Gasteiger charge is 2.23. The van der Waals surface area contributed by atoms with E-state index in [0.29, 0.717) is 5.75 Å². The van der Waals surface area contributed by atoms with Gasteiger partial charge in [-0.2, -0.15) is 0 Å². The molecule has 1 rings (SSSR count). The maximum atomic E-state index is 14.0. The molecule has 0 bridgehead atoms. The van der Waals surface area contributed by atoms with Crippen molar-refractivity contribution >= 4 is 0 Å². The van der Waals surface area contributed by atoms with Crippen LogP contribution in [0.25, 0.3) is 0 Å². The van der Waals surface area contributed by atoms with Crippen LogP contribution in [0.1, 0.15) is 59.1 Å². The molecule has 0 radical (unpaired) electrons. The Balaban J connectivity index is 3.01. The van der Waals surface area contributed by atoms with E-state index >= 15 is 0 Å². The molecule has 0 aliphatic heterocycles. The second-order valence-electron chi connectivity index (χ2n) is 5.55. The van der Waals surface area contributed by atoms with Gasteiger partial charge >= 0.3 is 0 Å². The van der Waals surface area contributed by atoms with Crippen molar-refractivity contribution in [2.45, 2.75) is 59.1 Å². The van der Waals surface area contributed by atoms with Crippen LogP contribution in [0.15, 0.2) is 18.2 Å². The number of benzene rings is 1. The Hall–Kier alpha value is -1.09. The standard InChI is InChI=1S/C16H26FNO/c1-6-11-18-12(3)13-9-8-10-14(17)15(13)19-16(4,5)7-2/h8-10,12,18H,6-7,11H2,1-5H3. The van der Waals surface area contributed by atoms with Crippen molar-refractivity contribution in [2.75, 3.05) is 6.54 Å². The van der Waals surface area contributed by atoms with E-state index in [1.807, 2.05) is 33.8 Å². The van der Waals surface area contributed by atoms with Crippen LogP contribution in [0.5, 0.6) is 5.75 Å². The normalized spacial score (nSPS) is 13.4. The van der Waals surface area contributed by atoms with E-state index in [9.17, 15) is 4.39 Å². The third-order valence-corrected chi connectivity index (χ3v) is 3.39. The van der Waals surface area contributed by atoms with Crippen LogP contribution < -0.4 is 10.1 Å². The summed E-state index contributed by atoms with van der Waals surface area (Å²) in [5, 5.41) is 3.37. The van der Waals surface area contributed by atoms with Gasteiger partial charge < -0.3 is 10.1 Å². The highest BCUT2D eigenvalue weighted by atomic mass is 19.1. The van der Waals surface area contributed by atoms with Crippen molar-refractivity contribution in [1.82, 2.24) is 5.32 Å². The SMILES string of the molecule is CCCNC(C)c1cccc(F)c1OC(C)(C)CC. The summed E-state index contributed by atoms with van der Waals surface area (Å²) in [6, 6.07) is 5.20. The van der Waals surface area contributed by atoms with Crippen molar-refractivity contribution < 1.29 is 9.13 Å². The van der Waals surface area contributed by atoms with Crippen molar-refractivity contribution in [3.8, 4) is 5.75 Å². The first kappa shape index (κ1) is 16.0. The van der Waals surface area contributed by atoms with Gasteiger partial charge in [0.1, 0.15) is 5.60 Å². The second-order valence-corrected chi connectivity index (χ2v) is 5.55. The lowest BCUT2D eigenvalue weighted by Crippen LogP contribution is -2.29. The van der Waals surface area contributed by atoms with Gasteiger partial charge in [0.2, 0.25) is 0 Å². The summed E-state index contributed by atoms with van der Waals surface area (Å²) in [5.74, 6) is 0.0922. The fourth-order valence-corrected chi connectivity index (χ4v) is 1.79. The number of hydrogen-bond donors (Lipinski definition) is 1. The first-order valence-electron chi connectivity index (χ1n) is 7.12. The van der Waals surface area contributed by atoms with Gasteiger partial charge in [0.15, 0.2) is 11.6 Å². The molecule has 108 valence electrons. The Morgan fingerprint density at radius 3 is 2.58 bits per heavy atom. The average molecular weight is 267 g/mol. The number of ether oxygens (including phenoxy) is 1. The van der Waals surface area contributed by atoms with E-state index in [1.165, 1.54) is 6.07 Å². The van der Waals surface area contributed by atoms with E-state index in [-0.39, 0.29) is 17.5 Å². The molecule has 1 N–H and O–H groups in total. The van der Waals surface area contributed by atoms with Crippen LogP contribution >= 0.6 is 0 Å². The molecule has 1 aromatic carbocycles. The summed E-state index contributed by atoms with van der Waals surface area (Å²) in [4.78, 5) is 0. The number of halogens is 1. The maximum Gasteiger partial charge on any atom is 0.165 e. The van der Waals surface area contributed by atoms with E-state index < -0.39 is 0 Å². The molecule has 0 amide bonds. The lowest BCUT2D eigenvalue weighted by atomic mass is 10.0. The van der Waals surface area contributed by atoms with Crippen LogP contribution in [0.4, 0.5) is 4.39 Å². The smallest absolute Gasteiger partial charge is 0.165 e. The Bertz CT molecular complexity index is 404. The number of nitrogens with one attached hydrogen (secondary N) is 1. The molecule has 0 aliphatic rings. The van der Waals surface area contributed by atoms with Crippen LogP contribution in [-0.4, -0.2) is 12.1 Å². The zero-order valence-corrected chi connectivity index (χ0v) is 12.7. The Morgan fingerprint density at radius 2 is 2.00 bits per heavy atom. The van der Waals surface area contributed by atoms with Gasteiger partial charge in [0, 0.05) is 11.6 Å². The van der Waals surface area contributed by atoms with Crippen molar-refractivity contribution in [3.05, 3.63) is 29.6 Å². The van der Waals surface area contributed by atoms with Crippen LogP contribution in [0.2, 0.25) is 0 Å². The van der Waals surface area contributed by atoms with Crippen molar-refractivity contribution in [3.63, 3.8) is 0 Å². The summed E-state index contributed by atoms with van der Waals surface area (Å²) < 4.78 is 19.9. The van der Waals surface area contributed by atoms with Crippen LogP contribution in [0.3, 0.4) is 0 Å². The van der Waals surface area contributed by atoms with E-state index in [1.54, 1.807) is 6.07 Å². The molecular weight excluding hydrogens is 241 g/mol. The summed E-state index contributed by atoms with van der Waals surface area (Å²) in [6.45, 7) is 11.1. The molecule has 1 unspecified atom stereocenters. The van der Waals surface area contributed by atoms with Gasteiger partial charge in [-0.25, -0.2) is 4.39 Å². The Kier molecular flexibility index (Phi) is 5.80. The molecule has 0 heterocycles. The van der Waals surface area contributed by atoms with Gasteiger partial charge in [-0.3, -0.25) is 0 Å². The molecular formula is C16H26FNO. The molecule has 19 heavy (non-hydrogen) atoms. The first-order chi connectivity index (χ1) is 8.91. The molecule has 0 aromatic heterocycles. The molecule has 3 heteroatoms. The fourth-order valence-electron chi connectivity index (χ4n) is 1.79. The summed E-state index contributed by atoms with van der Waals surface area (Å²) in [7, 11) is 0. The van der Waals surface area contributed by atoms with Crippen LogP contribution in [0, 0.1) is 5.82 Å². The topological polar surface area (TPSA) is 21.3 Å². The highest BCUT2D eigenvalue weighted by molar-refractivity contribution is 5.37. The van der Waals surface area contributed by atoms with E-state index in [4.69, 9.17) is 4.74 Å². The fraction of sp³-hybridized carbons (Fsp3) is 0.625. The molecule has 0 spiro atoms. The molecule has 0 saturated heterocycles. The van der Waals surface area contributed by atoms with Gasteiger partial charge in [-0.15, -0.1) is 0 Å². The first-order valence-corrected chi connectivity index (χ1v) is 7.12. The average Bonchev–Trinajstić information content (AvgIpc) is 2.38. The zero-order chi connectivity index (χ0) is 14.5. The minimum Gasteiger partial charge on any atom is -0.484 e. The number of hydrogen-bond acceptors (Lipinski definition) is 2. The zero-order valence-electron chi connectivity index (χ0n) is 12.7. The van der Waals surface area contributed by atoms with Crippen molar-refractivity contribution in [2.24, 2.45) is 0 Å². The predicted molar refractivity (Wildman–Crippen MR) is 78.1 cm³/mol. The van der Waals surface area contributed by atoms with Crippen molar-refractivity contribution in [1.29, 1.82) is 0 Å². The van der Waals surface area contributed by atoms with Gasteiger partial charge in [-0.1, -0.05) is 26.0 Å². The molecule has 2 nitrogen and oxygen atoms in total.